The lowest BCUT2D eigenvalue weighted by atomic mass is 10.1. The van der Waals surface area contributed by atoms with Gasteiger partial charge in [-0.2, -0.15) is 0 Å². The molecule has 27 heavy (non-hydrogen) atoms. The van der Waals surface area contributed by atoms with Gasteiger partial charge in [0.2, 0.25) is 5.91 Å². The highest BCUT2D eigenvalue weighted by atomic mass is 32.1. The zero-order valence-corrected chi connectivity index (χ0v) is 18.3. The predicted octanol–water partition coefficient (Wildman–Crippen LogP) is 2.26. The number of hydrogen-bond acceptors (Lipinski definition) is 4. The van der Waals surface area contributed by atoms with Crippen LogP contribution in [0.3, 0.4) is 0 Å². The van der Waals surface area contributed by atoms with Crippen LogP contribution in [0.2, 0.25) is 0 Å². The van der Waals surface area contributed by atoms with E-state index in [1.165, 1.54) is 10.4 Å². The van der Waals surface area contributed by atoms with E-state index in [4.69, 9.17) is 4.99 Å². The van der Waals surface area contributed by atoms with E-state index in [2.05, 4.69) is 35.5 Å². The van der Waals surface area contributed by atoms with Gasteiger partial charge in [-0.3, -0.25) is 14.7 Å². The third kappa shape index (κ3) is 5.94. The molecule has 0 radical (unpaired) electrons. The maximum atomic E-state index is 12.4. The smallest absolute Gasteiger partial charge is 0.242 e. The summed E-state index contributed by atoms with van der Waals surface area (Å²) in [5, 5.41) is 5.52. The fourth-order valence-corrected chi connectivity index (χ4v) is 4.29. The molecule has 2 rings (SSSR count). The summed E-state index contributed by atoms with van der Waals surface area (Å²) in [6, 6.07) is 2.62. The largest absolute Gasteiger partial charge is 0.357 e. The summed E-state index contributed by atoms with van der Waals surface area (Å²) in [5.74, 6) is 0.945. The lowest BCUT2D eigenvalue weighted by molar-refractivity contribution is -0.131. The number of nitrogens with one attached hydrogen (secondary N) is 1. The highest BCUT2D eigenvalue weighted by Gasteiger charge is 2.22. The van der Waals surface area contributed by atoms with Gasteiger partial charge in [0.25, 0.3) is 0 Å². The minimum atomic E-state index is 0.141. The van der Waals surface area contributed by atoms with Gasteiger partial charge >= 0.3 is 0 Å². The first-order valence-electron chi connectivity index (χ1n) is 10.1. The van der Waals surface area contributed by atoms with Gasteiger partial charge in [-0.05, 0) is 51.1 Å². The molecule has 1 aromatic rings. The summed E-state index contributed by atoms with van der Waals surface area (Å²) in [7, 11) is 1.94. The molecule has 1 N–H and O–H groups in total. The Morgan fingerprint density at radius 1 is 1.37 bits per heavy atom. The molecule has 0 saturated heterocycles. The number of nitrogens with zero attached hydrogens (tertiary/aromatic N) is 4. The monoisotopic (exact) mass is 393 g/mol. The topological polar surface area (TPSA) is 51.2 Å². The number of thiophene rings is 1. The van der Waals surface area contributed by atoms with Gasteiger partial charge in [0, 0.05) is 50.7 Å². The first kappa shape index (κ1) is 21.7. The Labute approximate surface area is 168 Å². The van der Waals surface area contributed by atoms with E-state index >= 15 is 0 Å². The van der Waals surface area contributed by atoms with Crippen LogP contribution >= 0.6 is 11.3 Å². The fraction of sp³-hybridized carbons (Fsp3) is 0.700. The summed E-state index contributed by atoms with van der Waals surface area (Å²) >= 11 is 1.87. The van der Waals surface area contributed by atoms with Crippen LogP contribution in [0.1, 0.15) is 38.1 Å². The molecule has 2 heterocycles. The van der Waals surface area contributed by atoms with E-state index < -0.39 is 0 Å². The predicted molar refractivity (Wildman–Crippen MR) is 114 cm³/mol. The second-order valence-electron chi connectivity index (χ2n) is 7.06. The number of likely N-dealkylation sites (N-methyl/N-ethyl adjacent to an activating group) is 2. The molecule has 0 spiro atoms. The Hall–Kier alpha value is -1.60. The molecular weight excluding hydrogens is 358 g/mol. The number of aliphatic imine (C=N–C) groups is 1. The molecular formula is C20H35N5OS. The maximum absolute atomic E-state index is 12.4. The molecule has 152 valence electrons. The van der Waals surface area contributed by atoms with Crippen LogP contribution in [-0.2, 0) is 17.8 Å². The van der Waals surface area contributed by atoms with Crippen LogP contribution in [0.25, 0.3) is 0 Å². The van der Waals surface area contributed by atoms with Crippen molar-refractivity contribution >= 4 is 23.2 Å². The van der Waals surface area contributed by atoms with Gasteiger partial charge < -0.3 is 15.1 Å². The lowest BCUT2D eigenvalue weighted by Gasteiger charge is -2.32. The van der Waals surface area contributed by atoms with Crippen molar-refractivity contribution in [2.75, 3.05) is 46.3 Å². The van der Waals surface area contributed by atoms with Crippen molar-refractivity contribution in [2.45, 2.75) is 46.7 Å². The Kier molecular flexibility index (Phi) is 8.57. The minimum Gasteiger partial charge on any atom is -0.357 e. The van der Waals surface area contributed by atoms with Crippen molar-refractivity contribution in [1.29, 1.82) is 0 Å². The SMILES string of the molecule is CCNC(=NCC(C)N1CCc2sccc2C1)N(C)CC(=O)N(CC)CC. The normalized spacial score (nSPS) is 16.0. The molecule has 0 aromatic carbocycles. The van der Waals surface area contributed by atoms with Crippen molar-refractivity contribution in [3.8, 4) is 0 Å². The number of rotatable bonds is 8. The van der Waals surface area contributed by atoms with Gasteiger partial charge in [-0.15, -0.1) is 11.3 Å². The van der Waals surface area contributed by atoms with E-state index in [0.717, 1.165) is 51.6 Å². The van der Waals surface area contributed by atoms with Gasteiger partial charge in [0.1, 0.15) is 0 Å². The molecule has 1 aliphatic heterocycles. The van der Waals surface area contributed by atoms with Crippen molar-refractivity contribution in [3.05, 3.63) is 21.9 Å². The van der Waals surface area contributed by atoms with Crippen LogP contribution < -0.4 is 5.32 Å². The van der Waals surface area contributed by atoms with Crippen LogP contribution in [-0.4, -0.2) is 78.9 Å². The average Bonchev–Trinajstić information content (AvgIpc) is 3.13. The summed E-state index contributed by atoms with van der Waals surface area (Å²) < 4.78 is 0. The Bertz CT molecular complexity index is 626. The van der Waals surface area contributed by atoms with Gasteiger partial charge in [-0.25, -0.2) is 0 Å². The molecule has 0 bridgehead atoms. The van der Waals surface area contributed by atoms with Gasteiger partial charge in [0.15, 0.2) is 5.96 Å². The minimum absolute atomic E-state index is 0.141. The van der Waals surface area contributed by atoms with E-state index in [1.54, 1.807) is 0 Å². The Morgan fingerprint density at radius 2 is 2.11 bits per heavy atom. The number of fused-ring (bicyclic) bond motifs is 1. The second kappa shape index (κ2) is 10.7. The number of carbonyl (C=O) groups excluding carboxylic acids is 1. The molecule has 7 heteroatoms. The average molecular weight is 394 g/mol. The van der Waals surface area contributed by atoms with E-state index in [1.807, 2.05) is 42.0 Å². The third-order valence-electron chi connectivity index (χ3n) is 5.15. The van der Waals surface area contributed by atoms with Gasteiger partial charge in [-0.1, -0.05) is 0 Å². The third-order valence-corrected chi connectivity index (χ3v) is 6.17. The zero-order chi connectivity index (χ0) is 19.8. The maximum Gasteiger partial charge on any atom is 0.242 e. The number of hydrogen-bond donors (Lipinski definition) is 1. The first-order valence-corrected chi connectivity index (χ1v) is 10.9. The van der Waals surface area contributed by atoms with E-state index in [-0.39, 0.29) is 5.91 Å². The first-order chi connectivity index (χ1) is 13.0. The molecule has 0 fully saturated rings. The highest BCUT2D eigenvalue weighted by molar-refractivity contribution is 7.10. The fourth-order valence-electron chi connectivity index (χ4n) is 3.40. The highest BCUT2D eigenvalue weighted by Crippen LogP contribution is 2.25. The quantitative estimate of drug-likeness (QED) is 0.544. The molecule has 6 nitrogen and oxygen atoms in total. The van der Waals surface area contributed by atoms with E-state index in [0.29, 0.717) is 12.6 Å². The van der Waals surface area contributed by atoms with Crippen molar-refractivity contribution in [1.82, 2.24) is 20.0 Å². The van der Waals surface area contributed by atoms with Crippen molar-refractivity contribution in [2.24, 2.45) is 4.99 Å². The summed E-state index contributed by atoms with van der Waals surface area (Å²) in [6.07, 6.45) is 1.14. The molecule has 1 aliphatic rings. The Balaban J connectivity index is 1.94. The number of carbonyl (C=O) groups is 1. The summed E-state index contributed by atoms with van der Waals surface area (Å²) in [6.45, 7) is 13.8. The molecule has 1 atom stereocenters. The molecule has 1 amide bonds. The molecule has 1 aromatic heterocycles. The van der Waals surface area contributed by atoms with Crippen LogP contribution in [0.15, 0.2) is 16.4 Å². The molecule has 0 saturated carbocycles. The van der Waals surface area contributed by atoms with Crippen molar-refractivity contribution < 1.29 is 4.79 Å². The van der Waals surface area contributed by atoms with Crippen LogP contribution in [0.5, 0.6) is 0 Å². The Morgan fingerprint density at radius 3 is 2.78 bits per heavy atom. The van der Waals surface area contributed by atoms with Crippen LogP contribution in [0, 0.1) is 0 Å². The standard InChI is InChI=1S/C20H35N5OS/c1-6-21-20(23(5)15-19(26)24(7-2)8-3)22-13-16(4)25-11-9-18-17(14-25)10-12-27-18/h10,12,16H,6-9,11,13-15H2,1-5H3,(H,21,22). The lowest BCUT2D eigenvalue weighted by Crippen LogP contribution is -2.46. The van der Waals surface area contributed by atoms with Gasteiger partial charge in [0.05, 0.1) is 13.1 Å². The van der Waals surface area contributed by atoms with Crippen molar-refractivity contribution in [3.63, 3.8) is 0 Å². The van der Waals surface area contributed by atoms with E-state index in [9.17, 15) is 4.79 Å². The number of guanidine groups is 1. The summed E-state index contributed by atoms with van der Waals surface area (Å²) in [4.78, 5) is 25.0. The number of amides is 1. The molecule has 1 unspecified atom stereocenters. The molecule has 0 aliphatic carbocycles. The summed E-state index contributed by atoms with van der Waals surface area (Å²) in [5.41, 5.74) is 1.47. The van der Waals surface area contributed by atoms with Crippen LogP contribution in [0.4, 0.5) is 0 Å². The second-order valence-corrected chi connectivity index (χ2v) is 8.06. The zero-order valence-electron chi connectivity index (χ0n) is 17.5.